The van der Waals surface area contributed by atoms with Crippen LogP contribution in [0.2, 0.25) is 0 Å². The van der Waals surface area contributed by atoms with Gasteiger partial charge in [0.1, 0.15) is 0 Å². The Hall–Kier alpha value is -1.91. The van der Waals surface area contributed by atoms with E-state index in [1.165, 1.54) is 0 Å². The molecule has 0 fully saturated rings. The summed E-state index contributed by atoms with van der Waals surface area (Å²) in [6.45, 7) is 4.09. The smallest absolute Gasteiger partial charge is 0.305 e. The molecule has 0 radical (unpaired) electrons. The molecule has 0 bridgehead atoms. The van der Waals surface area contributed by atoms with Crippen LogP contribution in [0.15, 0.2) is 24.4 Å². The highest BCUT2D eigenvalue weighted by atomic mass is 16.4. The first kappa shape index (κ1) is 14.2. The van der Waals surface area contributed by atoms with E-state index in [1.807, 2.05) is 13.0 Å². The second kappa shape index (κ2) is 6.74. The number of carboxylic acid groups (broad SMARTS) is 1. The van der Waals surface area contributed by atoms with E-state index in [0.717, 1.165) is 0 Å². The molecule has 98 valence electrons. The Balaban J connectivity index is 2.65. The second-order valence-corrected chi connectivity index (χ2v) is 4.12. The fourth-order valence-corrected chi connectivity index (χ4v) is 1.86. The zero-order valence-electron chi connectivity index (χ0n) is 10.7. The average molecular weight is 250 g/mol. The van der Waals surface area contributed by atoms with Crippen LogP contribution in [0, 0.1) is 0 Å². The van der Waals surface area contributed by atoms with Gasteiger partial charge in [0, 0.05) is 24.5 Å². The van der Waals surface area contributed by atoms with Gasteiger partial charge in [0.05, 0.1) is 12.8 Å². The fraction of sp³-hybridized carbons (Fsp3) is 0.462. The molecule has 5 heteroatoms. The number of hydrogen-bond acceptors (Lipinski definition) is 3. The quantitative estimate of drug-likeness (QED) is 0.827. The Morgan fingerprint density at radius 2 is 2.17 bits per heavy atom. The first-order valence-corrected chi connectivity index (χ1v) is 5.95. The number of carboxylic acids is 1. The largest absolute Gasteiger partial charge is 0.481 e. The van der Waals surface area contributed by atoms with Crippen LogP contribution in [-0.2, 0) is 16.0 Å². The third kappa shape index (κ3) is 4.16. The van der Waals surface area contributed by atoms with Crippen molar-refractivity contribution in [3.63, 3.8) is 0 Å². The highest BCUT2D eigenvalue weighted by Crippen LogP contribution is 2.07. The summed E-state index contributed by atoms with van der Waals surface area (Å²) in [4.78, 5) is 28.4. The number of nitrogens with zero attached hydrogens (tertiary/aromatic N) is 2. The number of amides is 1. The van der Waals surface area contributed by atoms with Crippen molar-refractivity contribution in [2.75, 3.05) is 6.54 Å². The monoisotopic (exact) mass is 250 g/mol. The third-order valence-electron chi connectivity index (χ3n) is 2.72. The maximum atomic E-state index is 12.1. The summed E-state index contributed by atoms with van der Waals surface area (Å²) < 4.78 is 0. The standard InChI is InChI=1S/C13H18N2O3/c1-3-15(10(2)8-13(17)18)12(16)9-11-6-4-5-7-14-11/h4-7,10H,3,8-9H2,1-2H3,(H,17,18). The molecule has 1 aromatic heterocycles. The van der Waals surface area contributed by atoms with Crippen LogP contribution < -0.4 is 0 Å². The Bertz CT molecular complexity index is 406. The first-order chi connectivity index (χ1) is 8.54. The molecule has 0 aliphatic rings. The van der Waals surface area contributed by atoms with Gasteiger partial charge in [0.15, 0.2) is 0 Å². The van der Waals surface area contributed by atoms with E-state index in [4.69, 9.17) is 5.11 Å². The normalized spacial score (nSPS) is 11.9. The van der Waals surface area contributed by atoms with E-state index >= 15 is 0 Å². The average Bonchev–Trinajstić information content (AvgIpc) is 2.30. The molecule has 18 heavy (non-hydrogen) atoms. The van der Waals surface area contributed by atoms with E-state index < -0.39 is 5.97 Å². The van der Waals surface area contributed by atoms with Crippen LogP contribution in [0.3, 0.4) is 0 Å². The van der Waals surface area contributed by atoms with Crippen molar-refractivity contribution in [1.29, 1.82) is 0 Å². The molecule has 1 N–H and O–H groups in total. The Morgan fingerprint density at radius 3 is 2.67 bits per heavy atom. The van der Waals surface area contributed by atoms with Crippen molar-refractivity contribution >= 4 is 11.9 Å². The molecular weight excluding hydrogens is 232 g/mol. The van der Waals surface area contributed by atoms with Crippen molar-refractivity contribution < 1.29 is 14.7 Å². The summed E-state index contributed by atoms with van der Waals surface area (Å²) in [6, 6.07) is 5.10. The zero-order chi connectivity index (χ0) is 13.5. The molecular formula is C13H18N2O3. The SMILES string of the molecule is CCN(C(=O)Cc1ccccn1)C(C)CC(=O)O. The molecule has 0 aromatic carbocycles. The van der Waals surface area contributed by atoms with Gasteiger partial charge in [0.25, 0.3) is 0 Å². The molecule has 0 spiro atoms. The van der Waals surface area contributed by atoms with Gasteiger partial charge in [-0.2, -0.15) is 0 Å². The lowest BCUT2D eigenvalue weighted by Gasteiger charge is -2.27. The van der Waals surface area contributed by atoms with E-state index in [2.05, 4.69) is 4.98 Å². The molecule has 0 aliphatic carbocycles. The number of aromatic nitrogens is 1. The van der Waals surface area contributed by atoms with Gasteiger partial charge in [0.2, 0.25) is 5.91 Å². The predicted octanol–water partition coefficient (Wildman–Crippen LogP) is 1.34. The van der Waals surface area contributed by atoms with Crippen LogP contribution in [0.1, 0.15) is 26.0 Å². The second-order valence-electron chi connectivity index (χ2n) is 4.12. The summed E-state index contributed by atoms with van der Waals surface area (Å²) in [6.07, 6.45) is 1.81. The summed E-state index contributed by atoms with van der Waals surface area (Å²) >= 11 is 0. The van der Waals surface area contributed by atoms with E-state index in [1.54, 1.807) is 30.2 Å². The lowest BCUT2D eigenvalue weighted by Crippen LogP contribution is -2.40. The van der Waals surface area contributed by atoms with Crippen molar-refractivity contribution in [3.05, 3.63) is 30.1 Å². The molecule has 1 atom stereocenters. The van der Waals surface area contributed by atoms with Crippen LogP contribution >= 0.6 is 0 Å². The van der Waals surface area contributed by atoms with Gasteiger partial charge in [-0.05, 0) is 26.0 Å². The highest BCUT2D eigenvalue weighted by molar-refractivity contribution is 5.79. The minimum atomic E-state index is -0.897. The lowest BCUT2D eigenvalue weighted by molar-refractivity contribution is -0.140. The molecule has 1 aromatic rings. The van der Waals surface area contributed by atoms with E-state index in [-0.39, 0.29) is 24.8 Å². The molecule has 0 aliphatic heterocycles. The molecule has 1 unspecified atom stereocenters. The fourth-order valence-electron chi connectivity index (χ4n) is 1.86. The van der Waals surface area contributed by atoms with Gasteiger partial charge < -0.3 is 10.0 Å². The molecule has 0 saturated carbocycles. The molecule has 0 saturated heterocycles. The number of carbonyl (C=O) groups excluding carboxylic acids is 1. The van der Waals surface area contributed by atoms with Gasteiger partial charge in [-0.15, -0.1) is 0 Å². The predicted molar refractivity (Wildman–Crippen MR) is 67.0 cm³/mol. The Labute approximate surface area is 106 Å². The van der Waals surface area contributed by atoms with Gasteiger partial charge >= 0.3 is 5.97 Å². The molecule has 5 nitrogen and oxygen atoms in total. The minimum Gasteiger partial charge on any atom is -0.481 e. The Morgan fingerprint density at radius 1 is 1.44 bits per heavy atom. The molecule has 1 heterocycles. The van der Waals surface area contributed by atoms with Crippen LogP contribution in [-0.4, -0.2) is 39.5 Å². The van der Waals surface area contributed by atoms with Crippen molar-refractivity contribution in [3.8, 4) is 0 Å². The number of rotatable bonds is 6. The third-order valence-corrected chi connectivity index (χ3v) is 2.72. The van der Waals surface area contributed by atoms with Crippen molar-refractivity contribution in [2.45, 2.75) is 32.7 Å². The van der Waals surface area contributed by atoms with Gasteiger partial charge in [-0.3, -0.25) is 14.6 Å². The van der Waals surface area contributed by atoms with Crippen LogP contribution in [0.4, 0.5) is 0 Å². The van der Waals surface area contributed by atoms with Crippen molar-refractivity contribution in [2.24, 2.45) is 0 Å². The number of pyridine rings is 1. The van der Waals surface area contributed by atoms with E-state index in [9.17, 15) is 9.59 Å². The summed E-state index contributed by atoms with van der Waals surface area (Å²) in [5.74, 6) is -0.989. The number of carbonyl (C=O) groups is 2. The van der Waals surface area contributed by atoms with Crippen LogP contribution in [0.25, 0.3) is 0 Å². The van der Waals surface area contributed by atoms with Crippen molar-refractivity contribution in [1.82, 2.24) is 9.88 Å². The summed E-state index contributed by atoms with van der Waals surface area (Å²) in [5, 5.41) is 8.75. The number of likely N-dealkylation sites (N-methyl/N-ethyl adjacent to an activating group) is 1. The first-order valence-electron chi connectivity index (χ1n) is 5.95. The summed E-state index contributed by atoms with van der Waals surface area (Å²) in [7, 11) is 0. The topological polar surface area (TPSA) is 70.5 Å². The summed E-state index contributed by atoms with van der Waals surface area (Å²) in [5.41, 5.74) is 0.698. The zero-order valence-corrected chi connectivity index (χ0v) is 10.7. The number of aliphatic carboxylic acids is 1. The minimum absolute atomic E-state index is 0.0399. The lowest BCUT2D eigenvalue weighted by atomic mass is 10.1. The number of hydrogen-bond donors (Lipinski definition) is 1. The maximum absolute atomic E-state index is 12.1. The van der Waals surface area contributed by atoms with E-state index in [0.29, 0.717) is 12.2 Å². The Kier molecular flexibility index (Phi) is 5.30. The van der Waals surface area contributed by atoms with Gasteiger partial charge in [-0.25, -0.2) is 0 Å². The van der Waals surface area contributed by atoms with Crippen LogP contribution in [0.5, 0.6) is 0 Å². The molecule has 1 amide bonds. The molecule has 1 rings (SSSR count). The van der Waals surface area contributed by atoms with Gasteiger partial charge in [-0.1, -0.05) is 6.07 Å². The maximum Gasteiger partial charge on any atom is 0.305 e. The highest BCUT2D eigenvalue weighted by Gasteiger charge is 2.20.